The number of carbonyl (C=O) groups is 2. The molecule has 3 N–H and O–H groups in total. The molecule has 0 atom stereocenters. The van der Waals surface area contributed by atoms with Crippen LogP contribution < -0.4 is 10.6 Å². The maximum atomic E-state index is 13.5. The average molecular weight is 326 g/mol. The van der Waals surface area contributed by atoms with Gasteiger partial charge in [0.2, 0.25) is 0 Å². The summed E-state index contributed by atoms with van der Waals surface area (Å²) >= 11 is 5.62. The summed E-state index contributed by atoms with van der Waals surface area (Å²) in [7, 11) is 0. The van der Waals surface area contributed by atoms with Crippen molar-refractivity contribution >= 4 is 29.3 Å². The highest BCUT2D eigenvalue weighted by molar-refractivity contribution is 6.30. The van der Waals surface area contributed by atoms with E-state index < -0.39 is 17.8 Å². The van der Waals surface area contributed by atoms with E-state index in [1.54, 1.807) is 6.92 Å². The Morgan fingerprint density at radius 1 is 1.36 bits per heavy atom. The first-order chi connectivity index (χ1) is 10.4. The summed E-state index contributed by atoms with van der Waals surface area (Å²) in [5.41, 5.74) is 0.378. The minimum atomic E-state index is -1.21. The molecule has 0 saturated carbocycles. The van der Waals surface area contributed by atoms with Gasteiger partial charge in [-0.3, -0.25) is 0 Å². The molecule has 0 radical (unpaired) electrons. The fraction of sp³-hybridized carbons (Fsp3) is 0.143. The Hall–Kier alpha value is -2.54. The van der Waals surface area contributed by atoms with Gasteiger partial charge in [-0.25, -0.2) is 14.0 Å². The molecule has 0 aliphatic rings. The third-order valence-corrected chi connectivity index (χ3v) is 3.15. The van der Waals surface area contributed by atoms with Gasteiger partial charge in [0.05, 0.1) is 10.7 Å². The molecule has 22 heavy (non-hydrogen) atoms. The lowest BCUT2D eigenvalue weighted by atomic mass is 10.3. The first kappa shape index (κ1) is 15.8. The van der Waals surface area contributed by atoms with E-state index in [0.29, 0.717) is 12.2 Å². The van der Waals surface area contributed by atoms with Crippen LogP contribution in [0.15, 0.2) is 30.6 Å². The van der Waals surface area contributed by atoms with Crippen molar-refractivity contribution < 1.29 is 19.1 Å². The van der Waals surface area contributed by atoms with Gasteiger partial charge in [-0.05, 0) is 25.1 Å². The highest BCUT2D eigenvalue weighted by atomic mass is 35.5. The second-order valence-electron chi connectivity index (χ2n) is 4.38. The molecule has 0 fully saturated rings. The summed E-state index contributed by atoms with van der Waals surface area (Å²) in [4.78, 5) is 22.8. The molecular weight excluding hydrogens is 313 g/mol. The standard InChI is InChI=1S/C14H13ClFN3O3/c1-2-17-14(22)18-12-7-19(6-9(12)13(20)21)8-3-4-10(15)11(16)5-8/h3-7H,2H2,1H3,(H,20,21)(H2,17,18,22). The summed E-state index contributed by atoms with van der Waals surface area (Å²) in [6.07, 6.45) is 2.67. The molecular formula is C14H13ClFN3O3. The van der Waals surface area contributed by atoms with E-state index in [1.807, 2.05) is 0 Å². The van der Waals surface area contributed by atoms with Crippen molar-refractivity contribution in [1.29, 1.82) is 0 Å². The lowest BCUT2D eigenvalue weighted by Gasteiger charge is -2.05. The topological polar surface area (TPSA) is 83.4 Å². The molecule has 0 aliphatic heterocycles. The van der Waals surface area contributed by atoms with Gasteiger partial charge in [0.25, 0.3) is 0 Å². The van der Waals surface area contributed by atoms with Crippen LogP contribution in [0, 0.1) is 5.82 Å². The minimum Gasteiger partial charge on any atom is -0.478 e. The van der Waals surface area contributed by atoms with E-state index in [4.69, 9.17) is 11.6 Å². The Morgan fingerprint density at radius 3 is 2.68 bits per heavy atom. The van der Waals surface area contributed by atoms with Crippen molar-refractivity contribution in [2.24, 2.45) is 0 Å². The van der Waals surface area contributed by atoms with E-state index in [2.05, 4.69) is 10.6 Å². The van der Waals surface area contributed by atoms with E-state index in [0.717, 1.165) is 0 Å². The summed E-state index contributed by atoms with van der Waals surface area (Å²) in [6.45, 7) is 2.14. The maximum absolute atomic E-state index is 13.5. The van der Waals surface area contributed by atoms with Gasteiger partial charge in [-0.1, -0.05) is 11.6 Å². The minimum absolute atomic E-state index is 0.0324. The van der Waals surface area contributed by atoms with Crippen LogP contribution in [0.3, 0.4) is 0 Å². The number of hydrogen-bond acceptors (Lipinski definition) is 2. The zero-order valence-corrected chi connectivity index (χ0v) is 12.3. The number of carbonyl (C=O) groups excluding carboxylic acids is 1. The molecule has 0 unspecified atom stereocenters. The fourth-order valence-electron chi connectivity index (χ4n) is 1.85. The van der Waals surface area contributed by atoms with Gasteiger partial charge in [0, 0.05) is 24.6 Å². The third kappa shape index (κ3) is 3.37. The first-order valence-corrected chi connectivity index (χ1v) is 6.75. The summed E-state index contributed by atoms with van der Waals surface area (Å²) in [6, 6.07) is 3.55. The molecule has 2 amide bonds. The fourth-order valence-corrected chi connectivity index (χ4v) is 1.96. The van der Waals surface area contributed by atoms with Crippen LogP contribution in [0.5, 0.6) is 0 Å². The Morgan fingerprint density at radius 2 is 2.09 bits per heavy atom. The molecule has 6 nitrogen and oxygen atoms in total. The lowest BCUT2D eigenvalue weighted by molar-refractivity contribution is 0.0698. The van der Waals surface area contributed by atoms with Gasteiger partial charge in [0.1, 0.15) is 11.4 Å². The molecule has 0 saturated heterocycles. The van der Waals surface area contributed by atoms with Gasteiger partial charge in [-0.15, -0.1) is 0 Å². The van der Waals surface area contributed by atoms with Crippen LogP contribution in [-0.4, -0.2) is 28.2 Å². The first-order valence-electron chi connectivity index (χ1n) is 6.38. The van der Waals surface area contributed by atoms with E-state index in [9.17, 15) is 19.1 Å². The summed E-state index contributed by atoms with van der Waals surface area (Å²) in [5.74, 6) is -1.83. The Labute approximate surface area is 130 Å². The van der Waals surface area contributed by atoms with Crippen LogP contribution in [0.4, 0.5) is 14.9 Å². The Balaban J connectivity index is 2.39. The Kier molecular flexibility index (Phi) is 4.67. The smallest absolute Gasteiger partial charge is 0.339 e. The number of aromatic carboxylic acids is 1. The predicted molar refractivity (Wildman–Crippen MR) is 80.4 cm³/mol. The number of amides is 2. The summed E-state index contributed by atoms with van der Waals surface area (Å²) in [5, 5.41) is 14.1. The van der Waals surface area contributed by atoms with Crippen LogP contribution in [0.2, 0.25) is 5.02 Å². The second kappa shape index (κ2) is 6.48. The molecule has 1 aromatic carbocycles. The molecule has 1 heterocycles. The molecule has 1 aromatic heterocycles. The number of nitrogens with zero attached hydrogens (tertiary/aromatic N) is 1. The van der Waals surface area contributed by atoms with Gasteiger partial charge in [0.15, 0.2) is 0 Å². The SMILES string of the molecule is CCNC(=O)Nc1cn(-c2ccc(Cl)c(F)c2)cc1C(=O)O. The van der Waals surface area contributed by atoms with Crippen molar-refractivity contribution in [3.8, 4) is 5.69 Å². The lowest BCUT2D eigenvalue weighted by Crippen LogP contribution is -2.28. The van der Waals surface area contributed by atoms with E-state index in [-0.39, 0.29) is 16.3 Å². The number of halogens is 2. The van der Waals surface area contributed by atoms with Crippen molar-refractivity contribution in [3.63, 3.8) is 0 Å². The van der Waals surface area contributed by atoms with Crippen molar-refractivity contribution in [1.82, 2.24) is 9.88 Å². The van der Waals surface area contributed by atoms with Crippen molar-refractivity contribution in [2.75, 3.05) is 11.9 Å². The molecule has 2 aromatic rings. The highest BCUT2D eigenvalue weighted by Gasteiger charge is 2.16. The quantitative estimate of drug-likeness (QED) is 0.807. The van der Waals surface area contributed by atoms with Crippen LogP contribution in [0.1, 0.15) is 17.3 Å². The average Bonchev–Trinajstić information content (AvgIpc) is 2.86. The van der Waals surface area contributed by atoms with Crippen LogP contribution in [0.25, 0.3) is 5.69 Å². The highest BCUT2D eigenvalue weighted by Crippen LogP contribution is 2.23. The third-order valence-electron chi connectivity index (χ3n) is 2.84. The van der Waals surface area contributed by atoms with Gasteiger partial charge < -0.3 is 20.3 Å². The van der Waals surface area contributed by atoms with Crippen LogP contribution in [-0.2, 0) is 0 Å². The van der Waals surface area contributed by atoms with E-state index in [1.165, 1.54) is 35.2 Å². The number of hydrogen-bond donors (Lipinski definition) is 3. The zero-order valence-electron chi connectivity index (χ0n) is 11.6. The second-order valence-corrected chi connectivity index (χ2v) is 4.79. The van der Waals surface area contributed by atoms with Gasteiger partial charge >= 0.3 is 12.0 Å². The molecule has 116 valence electrons. The van der Waals surface area contributed by atoms with Crippen molar-refractivity contribution in [3.05, 3.63) is 47.0 Å². The summed E-state index contributed by atoms with van der Waals surface area (Å²) < 4.78 is 14.9. The van der Waals surface area contributed by atoms with Crippen molar-refractivity contribution in [2.45, 2.75) is 6.92 Å². The van der Waals surface area contributed by atoms with E-state index >= 15 is 0 Å². The zero-order chi connectivity index (χ0) is 16.3. The molecule has 8 heteroatoms. The predicted octanol–water partition coefficient (Wildman–Crippen LogP) is 3.11. The number of carboxylic acid groups (broad SMARTS) is 1. The maximum Gasteiger partial charge on any atom is 0.339 e. The normalized spacial score (nSPS) is 10.3. The van der Waals surface area contributed by atoms with Crippen LogP contribution >= 0.6 is 11.6 Å². The molecule has 0 aliphatic carbocycles. The largest absolute Gasteiger partial charge is 0.478 e. The Bertz CT molecular complexity index is 730. The van der Waals surface area contributed by atoms with Gasteiger partial charge in [-0.2, -0.15) is 0 Å². The number of urea groups is 1. The number of rotatable bonds is 4. The number of benzene rings is 1. The molecule has 2 rings (SSSR count). The monoisotopic (exact) mass is 325 g/mol. The number of nitrogens with one attached hydrogen (secondary N) is 2. The number of anilines is 1. The number of carboxylic acids is 1. The number of aromatic nitrogens is 1. The molecule has 0 spiro atoms. The molecule has 0 bridgehead atoms.